The molecular weight excluding hydrogens is 340 g/mol. The molecule has 2 rings (SSSR count). The Morgan fingerprint density at radius 2 is 1.72 bits per heavy atom. The van der Waals surface area contributed by atoms with Gasteiger partial charge in [0.2, 0.25) is 5.91 Å². The summed E-state index contributed by atoms with van der Waals surface area (Å²) in [6.45, 7) is 1.71. The first-order valence-corrected chi connectivity index (χ1v) is 8.39. The SMILES string of the molecule is CC(O)CNC(=O)C(Cc1ccccc1)NC(=O)c1ccc(Cl)cc1. The Morgan fingerprint density at radius 3 is 2.32 bits per heavy atom. The maximum absolute atomic E-state index is 12.4. The maximum Gasteiger partial charge on any atom is 0.251 e. The minimum absolute atomic E-state index is 0.126. The van der Waals surface area contributed by atoms with Crippen LogP contribution in [-0.4, -0.2) is 35.6 Å². The molecule has 6 heteroatoms. The lowest BCUT2D eigenvalue weighted by molar-refractivity contribution is -0.123. The Kier molecular flexibility index (Phi) is 6.98. The van der Waals surface area contributed by atoms with Crippen molar-refractivity contribution in [2.24, 2.45) is 0 Å². The van der Waals surface area contributed by atoms with Crippen molar-refractivity contribution in [3.05, 3.63) is 70.7 Å². The second kappa shape index (κ2) is 9.20. The molecule has 0 radical (unpaired) electrons. The number of aliphatic hydroxyl groups is 1. The first kappa shape index (κ1) is 19.0. The van der Waals surface area contributed by atoms with Gasteiger partial charge in [0, 0.05) is 23.6 Å². The summed E-state index contributed by atoms with van der Waals surface area (Å²) < 4.78 is 0. The fourth-order valence-corrected chi connectivity index (χ4v) is 2.40. The molecule has 0 saturated carbocycles. The molecule has 0 fully saturated rings. The van der Waals surface area contributed by atoms with Crippen LogP contribution < -0.4 is 10.6 Å². The number of benzene rings is 2. The summed E-state index contributed by atoms with van der Waals surface area (Å²) in [7, 11) is 0. The molecule has 2 unspecified atom stereocenters. The van der Waals surface area contributed by atoms with E-state index in [0.717, 1.165) is 5.56 Å². The predicted molar refractivity (Wildman–Crippen MR) is 97.5 cm³/mol. The summed E-state index contributed by atoms with van der Waals surface area (Å²) in [5.74, 6) is -0.697. The standard InChI is InChI=1S/C19H21ClN2O3/c1-13(23)12-21-19(25)17(11-14-5-3-2-4-6-14)22-18(24)15-7-9-16(20)10-8-15/h2-10,13,17,23H,11-12H2,1H3,(H,21,25)(H,22,24). The first-order valence-electron chi connectivity index (χ1n) is 8.02. The van der Waals surface area contributed by atoms with Crippen LogP contribution in [0, 0.1) is 0 Å². The third kappa shape index (κ3) is 6.21. The van der Waals surface area contributed by atoms with E-state index in [4.69, 9.17) is 11.6 Å². The summed E-state index contributed by atoms with van der Waals surface area (Å²) in [5, 5.41) is 15.3. The minimum atomic E-state index is -0.746. The van der Waals surface area contributed by atoms with Gasteiger partial charge >= 0.3 is 0 Å². The van der Waals surface area contributed by atoms with Crippen LogP contribution in [0.4, 0.5) is 0 Å². The molecule has 2 atom stereocenters. The summed E-state index contributed by atoms with van der Waals surface area (Å²) in [6.07, 6.45) is -0.306. The van der Waals surface area contributed by atoms with Gasteiger partial charge in [0.25, 0.3) is 5.91 Å². The van der Waals surface area contributed by atoms with Crippen molar-refractivity contribution in [1.82, 2.24) is 10.6 Å². The highest BCUT2D eigenvalue weighted by molar-refractivity contribution is 6.30. The Morgan fingerprint density at radius 1 is 1.08 bits per heavy atom. The lowest BCUT2D eigenvalue weighted by Gasteiger charge is -2.19. The average molecular weight is 361 g/mol. The van der Waals surface area contributed by atoms with Crippen molar-refractivity contribution in [3.8, 4) is 0 Å². The molecule has 0 saturated heterocycles. The van der Waals surface area contributed by atoms with Crippen LogP contribution in [0.25, 0.3) is 0 Å². The molecule has 0 aliphatic heterocycles. The number of halogens is 1. The van der Waals surface area contributed by atoms with E-state index in [-0.39, 0.29) is 18.4 Å². The van der Waals surface area contributed by atoms with E-state index in [1.807, 2.05) is 30.3 Å². The number of carbonyl (C=O) groups excluding carboxylic acids is 2. The zero-order chi connectivity index (χ0) is 18.2. The van der Waals surface area contributed by atoms with Crippen LogP contribution in [0.15, 0.2) is 54.6 Å². The van der Waals surface area contributed by atoms with Crippen molar-refractivity contribution >= 4 is 23.4 Å². The lowest BCUT2D eigenvalue weighted by Crippen LogP contribution is -2.49. The minimum Gasteiger partial charge on any atom is -0.392 e. The van der Waals surface area contributed by atoms with Gasteiger partial charge in [-0.3, -0.25) is 9.59 Å². The third-order valence-electron chi connectivity index (χ3n) is 3.58. The maximum atomic E-state index is 12.4. The molecule has 3 N–H and O–H groups in total. The number of hydrogen-bond donors (Lipinski definition) is 3. The fourth-order valence-electron chi connectivity index (χ4n) is 2.27. The van der Waals surface area contributed by atoms with Gasteiger partial charge in [0.15, 0.2) is 0 Å². The molecule has 25 heavy (non-hydrogen) atoms. The Labute approximate surface area is 152 Å². The highest BCUT2D eigenvalue weighted by Crippen LogP contribution is 2.10. The summed E-state index contributed by atoms with van der Waals surface area (Å²) in [6, 6.07) is 15.1. The molecule has 0 bridgehead atoms. The van der Waals surface area contributed by atoms with E-state index in [0.29, 0.717) is 17.0 Å². The molecule has 0 aliphatic rings. The number of amides is 2. The third-order valence-corrected chi connectivity index (χ3v) is 3.83. The Balaban J connectivity index is 2.11. The number of nitrogens with one attached hydrogen (secondary N) is 2. The number of carbonyl (C=O) groups is 2. The number of aliphatic hydroxyl groups excluding tert-OH is 1. The van der Waals surface area contributed by atoms with Crippen molar-refractivity contribution in [1.29, 1.82) is 0 Å². The van der Waals surface area contributed by atoms with E-state index in [9.17, 15) is 14.7 Å². The average Bonchev–Trinajstić information content (AvgIpc) is 2.60. The Bertz CT molecular complexity index is 702. The van der Waals surface area contributed by atoms with Gasteiger partial charge in [0.1, 0.15) is 6.04 Å². The first-order chi connectivity index (χ1) is 12.0. The van der Waals surface area contributed by atoms with Crippen LogP contribution in [0.2, 0.25) is 5.02 Å². The van der Waals surface area contributed by atoms with E-state index in [2.05, 4.69) is 10.6 Å². The predicted octanol–water partition coefficient (Wildman–Crippen LogP) is 2.18. The van der Waals surface area contributed by atoms with Crippen molar-refractivity contribution in [2.45, 2.75) is 25.5 Å². The van der Waals surface area contributed by atoms with Gasteiger partial charge in [-0.15, -0.1) is 0 Å². The highest BCUT2D eigenvalue weighted by Gasteiger charge is 2.22. The van der Waals surface area contributed by atoms with E-state index in [1.54, 1.807) is 31.2 Å². The molecule has 2 aromatic rings. The zero-order valence-corrected chi connectivity index (χ0v) is 14.7. The van der Waals surface area contributed by atoms with E-state index < -0.39 is 12.1 Å². The quantitative estimate of drug-likeness (QED) is 0.708. The molecule has 0 aliphatic carbocycles. The second-order valence-electron chi connectivity index (χ2n) is 5.82. The van der Waals surface area contributed by atoms with Gasteiger partial charge in [-0.05, 0) is 36.8 Å². The summed E-state index contributed by atoms with van der Waals surface area (Å²) in [5.41, 5.74) is 1.35. The normalized spacial score (nSPS) is 12.9. The van der Waals surface area contributed by atoms with Gasteiger partial charge in [-0.25, -0.2) is 0 Å². The molecule has 132 valence electrons. The summed E-state index contributed by atoms with van der Waals surface area (Å²) in [4.78, 5) is 24.8. The van der Waals surface area contributed by atoms with Crippen LogP contribution in [0.1, 0.15) is 22.8 Å². The monoisotopic (exact) mass is 360 g/mol. The van der Waals surface area contributed by atoms with Crippen LogP contribution in [0.5, 0.6) is 0 Å². The molecule has 0 aromatic heterocycles. The highest BCUT2D eigenvalue weighted by atomic mass is 35.5. The van der Waals surface area contributed by atoms with Gasteiger partial charge < -0.3 is 15.7 Å². The number of rotatable bonds is 7. The van der Waals surface area contributed by atoms with Gasteiger partial charge in [-0.1, -0.05) is 41.9 Å². The van der Waals surface area contributed by atoms with Gasteiger partial charge in [0.05, 0.1) is 6.10 Å². The van der Waals surface area contributed by atoms with Crippen LogP contribution >= 0.6 is 11.6 Å². The smallest absolute Gasteiger partial charge is 0.251 e. The molecular formula is C19H21ClN2O3. The van der Waals surface area contributed by atoms with Crippen molar-refractivity contribution in [3.63, 3.8) is 0 Å². The molecule has 2 amide bonds. The molecule has 0 spiro atoms. The fraction of sp³-hybridized carbons (Fsp3) is 0.263. The van der Waals surface area contributed by atoms with Crippen LogP contribution in [0.3, 0.4) is 0 Å². The molecule has 0 heterocycles. The summed E-state index contributed by atoms with van der Waals surface area (Å²) >= 11 is 5.83. The Hall–Kier alpha value is -2.37. The van der Waals surface area contributed by atoms with Crippen molar-refractivity contribution < 1.29 is 14.7 Å². The lowest BCUT2D eigenvalue weighted by atomic mass is 10.0. The van der Waals surface area contributed by atoms with E-state index >= 15 is 0 Å². The van der Waals surface area contributed by atoms with Crippen molar-refractivity contribution in [2.75, 3.05) is 6.54 Å². The molecule has 2 aromatic carbocycles. The van der Waals surface area contributed by atoms with E-state index in [1.165, 1.54) is 0 Å². The molecule has 5 nitrogen and oxygen atoms in total. The second-order valence-corrected chi connectivity index (χ2v) is 6.25. The van der Waals surface area contributed by atoms with Gasteiger partial charge in [-0.2, -0.15) is 0 Å². The topological polar surface area (TPSA) is 78.4 Å². The van der Waals surface area contributed by atoms with Crippen LogP contribution in [-0.2, 0) is 11.2 Å². The number of hydrogen-bond acceptors (Lipinski definition) is 3. The largest absolute Gasteiger partial charge is 0.392 e. The zero-order valence-electron chi connectivity index (χ0n) is 13.9.